The molecule has 0 fully saturated rings. The first-order valence-corrected chi connectivity index (χ1v) is 11.2. The number of rotatable bonds is 3. The Bertz CT molecular complexity index is 1040. The summed E-state index contributed by atoms with van der Waals surface area (Å²) in [6.07, 6.45) is 4.37. The fourth-order valence-electron chi connectivity index (χ4n) is 3.98. The second-order valence-electron chi connectivity index (χ2n) is 7.22. The molecule has 0 radical (unpaired) electrons. The van der Waals surface area contributed by atoms with Crippen molar-refractivity contribution in [2.24, 2.45) is 0 Å². The third-order valence-corrected chi connectivity index (χ3v) is 7.43. The maximum Gasteiger partial charge on any atom is 0.263 e. The van der Waals surface area contributed by atoms with Crippen LogP contribution in [-0.2, 0) is 24.1 Å². The van der Waals surface area contributed by atoms with Crippen molar-refractivity contribution in [3.8, 4) is 0 Å². The van der Waals surface area contributed by atoms with Gasteiger partial charge in [-0.3, -0.25) is 19.0 Å². The first kappa shape index (κ1) is 17.9. The minimum Gasteiger partial charge on any atom is -0.351 e. The van der Waals surface area contributed by atoms with Crippen molar-refractivity contribution >= 4 is 40.0 Å². The molecule has 2 aromatic rings. The highest BCUT2D eigenvalue weighted by Gasteiger charge is 2.31. The Hall–Kier alpha value is -2.20. The van der Waals surface area contributed by atoms with Crippen molar-refractivity contribution in [3.63, 3.8) is 0 Å². The van der Waals surface area contributed by atoms with Crippen LogP contribution in [0.2, 0.25) is 0 Å². The summed E-state index contributed by atoms with van der Waals surface area (Å²) >= 11 is 2.74. The van der Waals surface area contributed by atoms with E-state index in [9.17, 15) is 14.4 Å². The lowest BCUT2D eigenvalue weighted by Gasteiger charge is -2.13. The van der Waals surface area contributed by atoms with Gasteiger partial charge in [-0.25, -0.2) is 9.97 Å². The molecule has 2 amide bonds. The van der Waals surface area contributed by atoms with E-state index in [2.05, 4.69) is 20.6 Å². The van der Waals surface area contributed by atoms with Gasteiger partial charge in [0.15, 0.2) is 10.3 Å². The van der Waals surface area contributed by atoms with Gasteiger partial charge >= 0.3 is 0 Å². The van der Waals surface area contributed by atoms with Gasteiger partial charge in [0.05, 0.1) is 17.4 Å². The molecule has 0 unspecified atom stereocenters. The summed E-state index contributed by atoms with van der Waals surface area (Å²) < 4.78 is 1.69. The molecule has 8 nitrogen and oxygen atoms in total. The second kappa shape index (κ2) is 7.00. The lowest BCUT2D eigenvalue weighted by molar-refractivity contribution is -0.116. The first-order valence-electron chi connectivity index (χ1n) is 9.45. The standard InChI is InChI=1S/C18H19N5O3S2/c24-13(22-17-20-12-5-2-6-19-15(25)14(12)28-17)7-9-8-27-18-21-11-4-1-3-10(11)16(26)23(9)18/h9H,1-8H2,(H,19,25)(H,20,22,24)/t9-/m0/s1. The predicted octanol–water partition coefficient (Wildman–Crippen LogP) is 1.54. The first-order chi connectivity index (χ1) is 13.6. The molecule has 1 atom stereocenters. The average Bonchev–Trinajstić information content (AvgIpc) is 3.36. The molecule has 2 N–H and O–H groups in total. The van der Waals surface area contributed by atoms with Crippen LogP contribution in [0.1, 0.15) is 51.9 Å². The normalized spacial score (nSPS) is 20.1. The van der Waals surface area contributed by atoms with E-state index in [4.69, 9.17) is 0 Å². The zero-order valence-corrected chi connectivity index (χ0v) is 16.8. The maximum absolute atomic E-state index is 12.8. The molecule has 2 aromatic heterocycles. The van der Waals surface area contributed by atoms with Crippen LogP contribution in [0.5, 0.6) is 0 Å². The minimum absolute atomic E-state index is 0.0120. The van der Waals surface area contributed by atoms with Gasteiger partial charge in [0.1, 0.15) is 4.88 Å². The van der Waals surface area contributed by atoms with Crippen molar-refractivity contribution in [3.05, 3.63) is 32.2 Å². The van der Waals surface area contributed by atoms with Crippen LogP contribution in [0.3, 0.4) is 0 Å². The van der Waals surface area contributed by atoms with Crippen LogP contribution < -0.4 is 16.2 Å². The number of hydrogen-bond acceptors (Lipinski definition) is 7. The van der Waals surface area contributed by atoms with Gasteiger partial charge in [-0.15, -0.1) is 0 Å². The summed E-state index contributed by atoms with van der Waals surface area (Å²) in [4.78, 5) is 47.1. The zero-order valence-electron chi connectivity index (χ0n) is 15.1. The fourth-order valence-corrected chi connectivity index (χ4v) is 6.08. The van der Waals surface area contributed by atoms with E-state index in [1.165, 1.54) is 23.1 Å². The summed E-state index contributed by atoms with van der Waals surface area (Å²) in [6.45, 7) is 0.648. The quantitative estimate of drug-likeness (QED) is 0.734. The number of thiazole rings is 1. The van der Waals surface area contributed by atoms with E-state index in [0.29, 0.717) is 22.3 Å². The van der Waals surface area contributed by atoms with Crippen molar-refractivity contribution < 1.29 is 9.59 Å². The molecule has 146 valence electrons. The summed E-state index contributed by atoms with van der Waals surface area (Å²) in [7, 11) is 0. The van der Waals surface area contributed by atoms with Crippen LogP contribution >= 0.6 is 23.1 Å². The predicted molar refractivity (Wildman–Crippen MR) is 106 cm³/mol. The monoisotopic (exact) mass is 417 g/mol. The number of fused-ring (bicyclic) bond motifs is 3. The van der Waals surface area contributed by atoms with E-state index < -0.39 is 0 Å². The lowest BCUT2D eigenvalue weighted by atomic mass is 10.2. The molecule has 0 spiro atoms. The van der Waals surface area contributed by atoms with E-state index in [0.717, 1.165) is 54.2 Å². The van der Waals surface area contributed by atoms with Crippen molar-refractivity contribution in [1.82, 2.24) is 19.9 Å². The molecule has 5 rings (SSSR count). The Balaban J connectivity index is 1.33. The third kappa shape index (κ3) is 3.04. The Morgan fingerprint density at radius 3 is 2.93 bits per heavy atom. The molecule has 2 aliphatic heterocycles. The van der Waals surface area contributed by atoms with Crippen LogP contribution in [0.4, 0.5) is 5.13 Å². The van der Waals surface area contributed by atoms with Gasteiger partial charge in [0.25, 0.3) is 11.5 Å². The Labute approximate surface area is 169 Å². The third-order valence-electron chi connectivity index (χ3n) is 5.32. The highest BCUT2D eigenvalue weighted by Crippen LogP contribution is 2.34. The summed E-state index contributed by atoms with van der Waals surface area (Å²) in [5.74, 6) is 0.336. The number of aromatic nitrogens is 3. The van der Waals surface area contributed by atoms with Crippen molar-refractivity contribution in [1.29, 1.82) is 0 Å². The Kier molecular flexibility index (Phi) is 4.47. The number of hydrogen-bond donors (Lipinski definition) is 2. The summed E-state index contributed by atoms with van der Waals surface area (Å²) in [5.41, 5.74) is 2.49. The van der Waals surface area contributed by atoms with E-state index in [1.54, 1.807) is 4.57 Å². The number of anilines is 1. The maximum atomic E-state index is 12.8. The molecule has 0 saturated carbocycles. The smallest absolute Gasteiger partial charge is 0.263 e. The molecule has 1 aliphatic carbocycles. The van der Waals surface area contributed by atoms with Gasteiger partial charge in [-0.05, 0) is 32.1 Å². The average molecular weight is 418 g/mol. The molecule has 0 aromatic carbocycles. The number of carbonyl (C=O) groups is 2. The largest absolute Gasteiger partial charge is 0.351 e. The highest BCUT2D eigenvalue weighted by molar-refractivity contribution is 7.99. The zero-order chi connectivity index (χ0) is 19.3. The van der Waals surface area contributed by atoms with Crippen LogP contribution in [-0.4, -0.2) is 38.6 Å². The van der Waals surface area contributed by atoms with E-state index in [-0.39, 0.29) is 29.8 Å². The molecule has 28 heavy (non-hydrogen) atoms. The Morgan fingerprint density at radius 1 is 1.18 bits per heavy atom. The van der Waals surface area contributed by atoms with Crippen LogP contribution in [0.25, 0.3) is 0 Å². The van der Waals surface area contributed by atoms with Crippen molar-refractivity contribution in [2.75, 3.05) is 17.6 Å². The molecule has 4 heterocycles. The SMILES string of the molecule is O=C(C[C@H]1CSc2nc3c(c(=O)n21)CCC3)Nc1nc2c(s1)C(=O)NCCC2. The van der Waals surface area contributed by atoms with Crippen molar-refractivity contribution in [2.45, 2.75) is 49.7 Å². The fraction of sp³-hybridized carbons (Fsp3) is 0.500. The minimum atomic E-state index is -0.202. The van der Waals surface area contributed by atoms with Gasteiger partial charge in [0, 0.05) is 24.3 Å². The van der Waals surface area contributed by atoms with E-state index >= 15 is 0 Å². The molecule has 10 heteroatoms. The number of aryl methyl sites for hydroxylation is 2. The molecule has 0 saturated heterocycles. The van der Waals surface area contributed by atoms with Crippen LogP contribution in [0, 0.1) is 0 Å². The van der Waals surface area contributed by atoms with E-state index in [1.807, 2.05) is 0 Å². The number of carbonyl (C=O) groups excluding carboxylic acids is 2. The highest BCUT2D eigenvalue weighted by atomic mass is 32.2. The van der Waals surface area contributed by atoms with Gasteiger partial charge in [0.2, 0.25) is 5.91 Å². The number of amides is 2. The number of nitrogens with one attached hydrogen (secondary N) is 2. The topological polar surface area (TPSA) is 106 Å². The summed E-state index contributed by atoms with van der Waals surface area (Å²) in [5, 5.41) is 6.81. The molecular weight excluding hydrogens is 398 g/mol. The molecular formula is C18H19N5O3S2. The van der Waals surface area contributed by atoms with Crippen LogP contribution in [0.15, 0.2) is 9.95 Å². The molecule has 0 bridgehead atoms. The molecule has 3 aliphatic rings. The second-order valence-corrected chi connectivity index (χ2v) is 9.21. The lowest BCUT2D eigenvalue weighted by Crippen LogP contribution is -2.30. The van der Waals surface area contributed by atoms with Gasteiger partial charge in [-0.2, -0.15) is 0 Å². The van der Waals surface area contributed by atoms with Gasteiger partial charge in [-0.1, -0.05) is 23.1 Å². The van der Waals surface area contributed by atoms with Gasteiger partial charge < -0.3 is 10.6 Å². The summed E-state index contributed by atoms with van der Waals surface area (Å²) in [6, 6.07) is -0.202. The number of thioether (sulfide) groups is 1. The Morgan fingerprint density at radius 2 is 2.04 bits per heavy atom. The number of nitrogens with zero attached hydrogens (tertiary/aromatic N) is 3.